The number of benzene rings is 1. The first kappa shape index (κ1) is 17.0. The van der Waals surface area contributed by atoms with Crippen LogP contribution >= 0.6 is 0 Å². The third-order valence-corrected chi connectivity index (χ3v) is 5.97. The van der Waals surface area contributed by atoms with Crippen molar-refractivity contribution in [1.82, 2.24) is 5.32 Å². The average Bonchev–Trinajstić information content (AvgIpc) is 3.18. The lowest BCUT2D eigenvalue weighted by Gasteiger charge is -2.42. The van der Waals surface area contributed by atoms with Crippen LogP contribution in [0.2, 0.25) is 0 Å². The highest BCUT2D eigenvalue weighted by Gasteiger charge is 2.67. The lowest BCUT2D eigenvalue weighted by Crippen LogP contribution is -2.59. The van der Waals surface area contributed by atoms with Crippen LogP contribution in [0.4, 0.5) is 0 Å². The Morgan fingerprint density at radius 3 is 2.62 bits per heavy atom. The topological polar surface area (TPSA) is 81.7 Å². The Labute approximate surface area is 151 Å². The minimum absolute atomic E-state index is 0.0717. The fourth-order valence-electron chi connectivity index (χ4n) is 4.91. The van der Waals surface area contributed by atoms with Gasteiger partial charge in [-0.15, -0.1) is 0 Å². The molecule has 1 N–H and O–H groups in total. The first-order valence-corrected chi connectivity index (χ1v) is 8.77. The molecule has 6 heteroatoms. The summed E-state index contributed by atoms with van der Waals surface area (Å²) >= 11 is 0. The van der Waals surface area contributed by atoms with E-state index in [9.17, 15) is 14.4 Å². The number of fused-ring (bicyclic) bond motifs is 2. The Hall–Kier alpha value is -2.47. The van der Waals surface area contributed by atoms with E-state index in [4.69, 9.17) is 9.47 Å². The summed E-state index contributed by atoms with van der Waals surface area (Å²) in [5.41, 5.74) is -1.20. The van der Waals surface area contributed by atoms with Gasteiger partial charge in [0.2, 0.25) is 0 Å². The van der Waals surface area contributed by atoms with E-state index >= 15 is 0 Å². The highest BCUT2D eigenvalue weighted by molar-refractivity contribution is 5.97. The van der Waals surface area contributed by atoms with Gasteiger partial charge in [-0.25, -0.2) is 0 Å². The zero-order valence-corrected chi connectivity index (χ0v) is 14.7. The molecular weight excluding hydrogens is 334 g/mol. The van der Waals surface area contributed by atoms with Gasteiger partial charge in [0.15, 0.2) is 5.78 Å². The van der Waals surface area contributed by atoms with Crippen LogP contribution in [-0.4, -0.2) is 36.0 Å². The monoisotopic (exact) mass is 355 g/mol. The summed E-state index contributed by atoms with van der Waals surface area (Å²) in [7, 11) is 1.33. The number of rotatable bonds is 2. The molecule has 1 aromatic carbocycles. The first-order chi connectivity index (χ1) is 12.4. The third kappa shape index (κ3) is 2.25. The average molecular weight is 355 g/mol. The maximum absolute atomic E-state index is 12.9. The second-order valence-corrected chi connectivity index (χ2v) is 7.39. The largest absolute Gasteiger partial charge is 0.468 e. The minimum atomic E-state index is -1.15. The molecule has 4 rings (SSSR count). The van der Waals surface area contributed by atoms with Gasteiger partial charge < -0.3 is 9.47 Å². The van der Waals surface area contributed by atoms with Crippen molar-refractivity contribution in [1.29, 1.82) is 0 Å². The molecule has 6 nitrogen and oxygen atoms in total. The number of hydrogen-bond acceptors (Lipinski definition) is 6. The maximum atomic E-state index is 12.9. The quantitative estimate of drug-likeness (QED) is 0.814. The molecule has 1 aromatic rings. The predicted molar refractivity (Wildman–Crippen MR) is 91.9 cm³/mol. The number of ketones is 1. The Morgan fingerprint density at radius 2 is 2.00 bits per heavy atom. The lowest BCUT2D eigenvalue weighted by atomic mass is 9.63. The number of allylic oxidation sites excluding steroid dienone is 1. The van der Waals surface area contributed by atoms with Crippen LogP contribution in [0.25, 0.3) is 0 Å². The summed E-state index contributed by atoms with van der Waals surface area (Å²) in [6.45, 7) is 1.74. The SMILES string of the molecule is COC(=O)[C@]1(C)N[C@H](c2ccccc2)C2C(=O)C=C[C@@]3(CCC(=O)O3)C21. The van der Waals surface area contributed by atoms with Crippen molar-refractivity contribution < 1.29 is 23.9 Å². The van der Waals surface area contributed by atoms with Crippen molar-refractivity contribution in [3.63, 3.8) is 0 Å². The second kappa shape index (κ2) is 5.77. The van der Waals surface area contributed by atoms with Crippen molar-refractivity contribution in [3.05, 3.63) is 48.0 Å². The summed E-state index contributed by atoms with van der Waals surface area (Å²) in [4.78, 5) is 37.5. The molecule has 0 radical (unpaired) electrons. The summed E-state index contributed by atoms with van der Waals surface area (Å²) in [5.74, 6) is -1.89. The molecule has 0 bridgehead atoms. The molecule has 2 aliphatic heterocycles. The number of methoxy groups -OCH3 is 1. The number of nitrogens with one attached hydrogen (secondary N) is 1. The number of ether oxygens (including phenoxy) is 2. The van der Waals surface area contributed by atoms with Crippen molar-refractivity contribution >= 4 is 17.7 Å². The van der Waals surface area contributed by atoms with E-state index in [1.54, 1.807) is 13.0 Å². The second-order valence-electron chi connectivity index (χ2n) is 7.39. The van der Waals surface area contributed by atoms with Crippen LogP contribution in [0.15, 0.2) is 42.5 Å². The molecule has 136 valence electrons. The summed E-state index contributed by atoms with van der Waals surface area (Å²) in [6.07, 6.45) is 3.89. The van der Waals surface area contributed by atoms with E-state index in [0.29, 0.717) is 6.42 Å². The molecule has 0 amide bonds. The Morgan fingerprint density at radius 1 is 1.27 bits per heavy atom. The molecule has 2 unspecified atom stereocenters. The molecule has 0 saturated carbocycles. The van der Waals surface area contributed by atoms with Crippen molar-refractivity contribution in [2.24, 2.45) is 11.8 Å². The molecule has 5 atom stereocenters. The van der Waals surface area contributed by atoms with Gasteiger partial charge in [-0.3, -0.25) is 19.7 Å². The molecule has 1 aliphatic carbocycles. The first-order valence-electron chi connectivity index (χ1n) is 8.77. The van der Waals surface area contributed by atoms with Gasteiger partial charge in [-0.2, -0.15) is 0 Å². The highest BCUT2D eigenvalue weighted by Crippen LogP contribution is 2.55. The van der Waals surface area contributed by atoms with E-state index in [1.807, 2.05) is 30.3 Å². The smallest absolute Gasteiger partial charge is 0.326 e. The fraction of sp³-hybridized carbons (Fsp3) is 0.450. The van der Waals surface area contributed by atoms with Gasteiger partial charge >= 0.3 is 11.9 Å². The van der Waals surface area contributed by atoms with Crippen LogP contribution in [0.3, 0.4) is 0 Å². The Kier molecular flexibility index (Phi) is 3.77. The van der Waals surface area contributed by atoms with Crippen LogP contribution < -0.4 is 5.32 Å². The molecule has 1 spiro atoms. The summed E-state index contributed by atoms with van der Waals surface area (Å²) in [5, 5.41) is 3.35. The summed E-state index contributed by atoms with van der Waals surface area (Å²) in [6, 6.07) is 9.19. The van der Waals surface area contributed by atoms with Crippen LogP contribution in [0.5, 0.6) is 0 Å². The van der Waals surface area contributed by atoms with Gasteiger partial charge in [0.1, 0.15) is 11.1 Å². The van der Waals surface area contributed by atoms with E-state index < -0.39 is 28.9 Å². The third-order valence-electron chi connectivity index (χ3n) is 5.97. The standard InChI is InChI=1S/C20H21NO5/c1-19(18(24)25-2)17-15(16(21-19)12-6-4-3-5-7-12)13(22)8-10-20(17)11-9-14(23)26-20/h3-8,10,15-17,21H,9,11H2,1-2H3/t15?,16-,17?,19-,20-/m1/s1. The minimum Gasteiger partial charge on any atom is -0.468 e. The maximum Gasteiger partial charge on any atom is 0.326 e. The van der Waals surface area contributed by atoms with E-state index in [1.165, 1.54) is 13.2 Å². The molecular formula is C20H21NO5. The predicted octanol–water partition coefficient (Wildman–Crippen LogP) is 1.71. The Balaban J connectivity index is 1.87. The van der Waals surface area contributed by atoms with Crippen molar-refractivity contribution in [2.75, 3.05) is 7.11 Å². The number of carbonyl (C=O) groups is 3. The van der Waals surface area contributed by atoms with Gasteiger partial charge in [-0.05, 0) is 24.6 Å². The highest BCUT2D eigenvalue weighted by atomic mass is 16.6. The van der Waals surface area contributed by atoms with Crippen LogP contribution in [0.1, 0.15) is 31.4 Å². The normalized spacial score (nSPS) is 38.3. The van der Waals surface area contributed by atoms with Gasteiger partial charge in [0.25, 0.3) is 0 Å². The lowest BCUT2D eigenvalue weighted by molar-refractivity contribution is -0.162. The number of hydrogen-bond donors (Lipinski definition) is 1. The molecule has 2 fully saturated rings. The fourth-order valence-corrected chi connectivity index (χ4v) is 4.91. The Bertz CT molecular complexity index is 804. The van der Waals surface area contributed by atoms with Crippen molar-refractivity contribution in [3.8, 4) is 0 Å². The number of esters is 2. The van der Waals surface area contributed by atoms with Gasteiger partial charge in [0, 0.05) is 24.8 Å². The van der Waals surface area contributed by atoms with E-state index in [0.717, 1.165) is 5.56 Å². The van der Waals surface area contributed by atoms with Gasteiger partial charge in [0.05, 0.1) is 13.0 Å². The number of carbonyl (C=O) groups excluding carboxylic acids is 3. The van der Waals surface area contributed by atoms with E-state index in [2.05, 4.69) is 5.32 Å². The molecule has 3 aliphatic rings. The molecule has 0 aromatic heterocycles. The summed E-state index contributed by atoms with van der Waals surface area (Å²) < 4.78 is 10.8. The van der Waals surface area contributed by atoms with Gasteiger partial charge in [-0.1, -0.05) is 30.3 Å². The zero-order valence-electron chi connectivity index (χ0n) is 14.7. The van der Waals surface area contributed by atoms with Crippen LogP contribution in [0, 0.1) is 11.8 Å². The molecule has 2 saturated heterocycles. The van der Waals surface area contributed by atoms with Crippen molar-refractivity contribution in [2.45, 2.75) is 36.9 Å². The molecule has 2 heterocycles. The zero-order chi connectivity index (χ0) is 18.5. The molecule has 26 heavy (non-hydrogen) atoms. The van der Waals surface area contributed by atoms with E-state index in [-0.39, 0.29) is 24.2 Å². The van der Waals surface area contributed by atoms with Crippen LogP contribution in [-0.2, 0) is 23.9 Å².